The quantitative estimate of drug-likeness (QED) is 0.753. The van der Waals surface area contributed by atoms with E-state index in [4.69, 9.17) is 22.7 Å². The van der Waals surface area contributed by atoms with Crippen molar-refractivity contribution in [1.82, 2.24) is 9.97 Å². The van der Waals surface area contributed by atoms with Crippen molar-refractivity contribution in [1.29, 1.82) is 0 Å². The molecule has 0 saturated heterocycles. The van der Waals surface area contributed by atoms with E-state index in [2.05, 4.69) is 14.9 Å². The second kappa shape index (κ2) is 5.37. The van der Waals surface area contributed by atoms with Crippen molar-refractivity contribution in [2.45, 2.75) is 18.9 Å². The summed E-state index contributed by atoms with van der Waals surface area (Å²) in [7, 11) is 1.69. The van der Waals surface area contributed by atoms with Gasteiger partial charge in [0.2, 0.25) is 0 Å². The van der Waals surface area contributed by atoms with Gasteiger partial charge in [-0.3, -0.25) is 0 Å². The Labute approximate surface area is 106 Å². The topological polar surface area (TPSA) is 64.3 Å². The van der Waals surface area contributed by atoms with Gasteiger partial charge in [0.1, 0.15) is 10.7 Å². The molecule has 1 aromatic rings. The molecule has 1 heterocycles. The van der Waals surface area contributed by atoms with Crippen molar-refractivity contribution in [3.8, 4) is 0 Å². The third kappa shape index (κ3) is 2.89. The molecule has 0 spiro atoms. The number of anilines is 1. The van der Waals surface area contributed by atoms with Gasteiger partial charge in [-0.25, -0.2) is 9.97 Å². The van der Waals surface area contributed by atoms with E-state index in [9.17, 15) is 0 Å². The van der Waals surface area contributed by atoms with Crippen molar-refractivity contribution in [3.63, 3.8) is 0 Å². The van der Waals surface area contributed by atoms with E-state index in [1.807, 2.05) is 0 Å². The Hall–Kier alpha value is -1.27. The number of aromatic nitrogens is 2. The minimum absolute atomic E-state index is 0.288. The summed E-state index contributed by atoms with van der Waals surface area (Å²) in [4.78, 5) is 11.0. The average Bonchev–Trinajstić information content (AvgIpc) is 3.14. The van der Waals surface area contributed by atoms with Gasteiger partial charge in [0, 0.05) is 32.1 Å². The van der Waals surface area contributed by atoms with E-state index < -0.39 is 0 Å². The highest BCUT2D eigenvalue weighted by Crippen LogP contribution is 2.31. The first kappa shape index (κ1) is 12.2. The summed E-state index contributed by atoms with van der Waals surface area (Å²) in [5.41, 5.74) is 6.27. The Bertz CT molecular complexity index is 408. The number of thiocarbonyl (C=S) groups is 1. The number of methoxy groups -OCH3 is 1. The molecule has 0 aromatic carbocycles. The fourth-order valence-corrected chi connectivity index (χ4v) is 1.90. The monoisotopic (exact) mass is 252 g/mol. The number of rotatable bonds is 6. The van der Waals surface area contributed by atoms with Gasteiger partial charge in [-0.2, -0.15) is 0 Å². The molecule has 0 bridgehead atoms. The predicted molar refractivity (Wildman–Crippen MR) is 70.2 cm³/mol. The van der Waals surface area contributed by atoms with E-state index in [1.165, 1.54) is 12.8 Å². The first-order valence-electron chi connectivity index (χ1n) is 5.60. The lowest BCUT2D eigenvalue weighted by Gasteiger charge is -2.24. The van der Waals surface area contributed by atoms with Gasteiger partial charge in [0.05, 0.1) is 6.61 Å². The van der Waals surface area contributed by atoms with Crippen LogP contribution in [0.3, 0.4) is 0 Å². The molecule has 1 aliphatic rings. The van der Waals surface area contributed by atoms with Crippen LogP contribution in [0.2, 0.25) is 0 Å². The summed E-state index contributed by atoms with van der Waals surface area (Å²) in [5.74, 6) is 0.777. The van der Waals surface area contributed by atoms with Crippen molar-refractivity contribution in [3.05, 3.63) is 18.1 Å². The van der Waals surface area contributed by atoms with Crippen molar-refractivity contribution in [2.24, 2.45) is 5.73 Å². The number of nitrogens with two attached hydrogens (primary N) is 1. The van der Waals surface area contributed by atoms with Gasteiger partial charge in [-0.05, 0) is 12.8 Å². The minimum Gasteiger partial charge on any atom is -0.388 e. The zero-order chi connectivity index (χ0) is 12.3. The van der Waals surface area contributed by atoms with E-state index in [-0.39, 0.29) is 4.99 Å². The molecular weight excluding hydrogens is 236 g/mol. The van der Waals surface area contributed by atoms with Crippen LogP contribution in [-0.2, 0) is 4.74 Å². The van der Waals surface area contributed by atoms with Gasteiger partial charge in [0.15, 0.2) is 5.82 Å². The van der Waals surface area contributed by atoms with E-state index in [0.717, 1.165) is 12.4 Å². The summed E-state index contributed by atoms with van der Waals surface area (Å²) >= 11 is 5.01. The standard InChI is InChI=1S/C11H16N4OS/c1-16-7-6-15(8-2-3-8)11-9(10(12)17)13-4-5-14-11/h4-5,8H,2-3,6-7H2,1H3,(H2,12,17). The highest BCUT2D eigenvalue weighted by molar-refractivity contribution is 7.80. The summed E-state index contributed by atoms with van der Waals surface area (Å²) in [6.07, 6.45) is 5.63. The number of nitrogens with zero attached hydrogens (tertiary/aromatic N) is 3. The molecule has 6 heteroatoms. The summed E-state index contributed by atoms with van der Waals surface area (Å²) in [6, 6.07) is 0.523. The zero-order valence-electron chi connectivity index (χ0n) is 9.80. The molecule has 0 unspecified atom stereocenters. The first-order valence-corrected chi connectivity index (χ1v) is 6.01. The van der Waals surface area contributed by atoms with Gasteiger partial charge in [-0.1, -0.05) is 12.2 Å². The predicted octanol–water partition coefficient (Wildman–Crippen LogP) is 0.726. The van der Waals surface area contributed by atoms with E-state index in [1.54, 1.807) is 19.5 Å². The molecule has 17 heavy (non-hydrogen) atoms. The Morgan fingerprint density at radius 3 is 2.82 bits per heavy atom. The van der Waals surface area contributed by atoms with Crippen LogP contribution < -0.4 is 10.6 Å². The van der Waals surface area contributed by atoms with E-state index in [0.29, 0.717) is 18.3 Å². The third-order valence-corrected chi connectivity index (χ3v) is 2.90. The molecule has 0 atom stereocenters. The summed E-state index contributed by atoms with van der Waals surface area (Å²) < 4.78 is 5.12. The highest BCUT2D eigenvalue weighted by Gasteiger charge is 2.31. The minimum atomic E-state index is 0.288. The lowest BCUT2D eigenvalue weighted by Crippen LogP contribution is -2.32. The Balaban J connectivity index is 2.25. The highest BCUT2D eigenvalue weighted by atomic mass is 32.1. The van der Waals surface area contributed by atoms with Crippen LogP contribution in [0.15, 0.2) is 12.4 Å². The molecule has 0 amide bonds. The molecule has 1 saturated carbocycles. The number of hydrogen-bond donors (Lipinski definition) is 1. The van der Waals surface area contributed by atoms with Crippen molar-refractivity contribution in [2.75, 3.05) is 25.2 Å². The maximum atomic E-state index is 5.67. The fourth-order valence-electron chi connectivity index (χ4n) is 1.75. The second-order valence-corrected chi connectivity index (χ2v) is 4.45. The average molecular weight is 252 g/mol. The van der Waals surface area contributed by atoms with Gasteiger partial charge >= 0.3 is 0 Å². The third-order valence-electron chi connectivity index (χ3n) is 2.71. The first-order chi connectivity index (χ1) is 8.24. The summed E-state index contributed by atoms with van der Waals surface area (Å²) in [5, 5.41) is 0. The molecule has 0 radical (unpaired) electrons. The van der Waals surface area contributed by atoms with Crippen molar-refractivity contribution >= 4 is 23.0 Å². The molecule has 1 fully saturated rings. The molecule has 1 aromatic heterocycles. The molecule has 1 aliphatic carbocycles. The molecule has 5 nitrogen and oxygen atoms in total. The normalized spacial score (nSPS) is 14.6. The Kier molecular flexibility index (Phi) is 3.86. The maximum Gasteiger partial charge on any atom is 0.157 e. The van der Waals surface area contributed by atoms with Crippen molar-refractivity contribution < 1.29 is 4.74 Å². The van der Waals surface area contributed by atoms with Crippen LogP contribution in [0.5, 0.6) is 0 Å². The van der Waals surface area contributed by atoms with Crippen LogP contribution in [0.4, 0.5) is 5.82 Å². The Morgan fingerprint density at radius 2 is 2.24 bits per heavy atom. The maximum absolute atomic E-state index is 5.67. The number of ether oxygens (including phenoxy) is 1. The van der Waals surface area contributed by atoms with E-state index >= 15 is 0 Å². The van der Waals surface area contributed by atoms with Gasteiger partial charge in [0.25, 0.3) is 0 Å². The van der Waals surface area contributed by atoms with Gasteiger partial charge < -0.3 is 15.4 Å². The molecular formula is C11H16N4OS. The molecule has 92 valence electrons. The van der Waals surface area contributed by atoms with Crippen LogP contribution in [0, 0.1) is 0 Å². The summed E-state index contributed by atoms with van der Waals surface area (Å²) in [6.45, 7) is 1.44. The van der Waals surface area contributed by atoms with Crippen LogP contribution in [0.25, 0.3) is 0 Å². The van der Waals surface area contributed by atoms with Crippen LogP contribution >= 0.6 is 12.2 Å². The SMILES string of the molecule is COCCN(c1nccnc1C(N)=S)C1CC1. The fraction of sp³-hybridized carbons (Fsp3) is 0.545. The molecule has 0 aliphatic heterocycles. The van der Waals surface area contributed by atoms with Gasteiger partial charge in [-0.15, -0.1) is 0 Å². The second-order valence-electron chi connectivity index (χ2n) is 4.01. The molecule has 2 N–H and O–H groups in total. The zero-order valence-corrected chi connectivity index (χ0v) is 10.6. The molecule has 2 rings (SSSR count). The van der Waals surface area contributed by atoms with Crippen LogP contribution in [0.1, 0.15) is 18.5 Å². The number of hydrogen-bond acceptors (Lipinski definition) is 5. The van der Waals surface area contributed by atoms with Crippen LogP contribution in [-0.4, -0.2) is 41.3 Å². The lowest BCUT2D eigenvalue weighted by molar-refractivity contribution is 0.204. The Morgan fingerprint density at radius 1 is 1.53 bits per heavy atom. The largest absolute Gasteiger partial charge is 0.388 e. The smallest absolute Gasteiger partial charge is 0.157 e. The lowest BCUT2D eigenvalue weighted by atomic mass is 10.3.